The first kappa shape index (κ1) is 11.2. The number of carboxylic acid groups (broad SMARTS) is 1. The maximum atomic E-state index is 11.1. The Balaban J connectivity index is 2.23. The molecule has 86 valence electrons. The highest BCUT2D eigenvalue weighted by atomic mass is 35.5. The number of carboxylic acids is 1. The SMILES string of the molecule is O=C(O)C1CNCCN1c1ccc(Cl)cn1. The molecule has 1 atom stereocenters. The Bertz CT molecular complexity index is 382. The molecule has 0 aromatic carbocycles. The van der Waals surface area contributed by atoms with Gasteiger partial charge in [-0.25, -0.2) is 9.78 Å². The van der Waals surface area contributed by atoms with Gasteiger partial charge in [-0.3, -0.25) is 0 Å². The number of halogens is 1. The molecule has 2 heterocycles. The Morgan fingerprint density at radius 3 is 3.06 bits per heavy atom. The molecule has 1 aliphatic heterocycles. The summed E-state index contributed by atoms with van der Waals surface area (Å²) in [4.78, 5) is 17.0. The number of nitrogens with zero attached hydrogens (tertiary/aromatic N) is 2. The zero-order valence-electron chi connectivity index (χ0n) is 8.56. The maximum Gasteiger partial charge on any atom is 0.327 e. The van der Waals surface area contributed by atoms with Gasteiger partial charge in [-0.1, -0.05) is 11.6 Å². The molecule has 0 radical (unpaired) electrons. The van der Waals surface area contributed by atoms with Crippen LogP contribution in [0.5, 0.6) is 0 Å². The molecule has 5 nitrogen and oxygen atoms in total. The number of hydrogen-bond donors (Lipinski definition) is 2. The molecule has 0 bridgehead atoms. The number of aliphatic carboxylic acids is 1. The van der Waals surface area contributed by atoms with E-state index in [1.807, 2.05) is 0 Å². The molecule has 1 fully saturated rings. The standard InChI is InChI=1S/C10H12ClN3O2/c11-7-1-2-9(13-5-7)14-4-3-12-6-8(14)10(15)16/h1-2,5,8,12H,3-4,6H2,(H,15,16). The Morgan fingerprint density at radius 2 is 2.44 bits per heavy atom. The van der Waals surface area contributed by atoms with E-state index in [0.717, 1.165) is 6.54 Å². The minimum atomic E-state index is -0.844. The molecule has 1 aliphatic rings. The number of piperazine rings is 1. The number of rotatable bonds is 2. The van der Waals surface area contributed by atoms with Crippen LogP contribution < -0.4 is 10.2 Å². The van der Waals surface area contributed by atoms with Gasteiger partial charge in [0.1, 0.15) is 11.9 Å². The summed E-state index contributed by atoms with van der Waals surface area (Å²) in [5.41, 5.74) is 0. The van der Waals surface area contributed by atoms with Gasteiger partial charge in [0.25, 0.3) is 0 Å². The van der Waals surface area contributed by atoms with Gasteiger partial charge in [0, 0.05) is 25.8 Å². The molecule has 2 rings (SSSR count). The van der Waals surface area contributed by atoms with Gasteiger partial charge >= 0.3 is 5.97 Å². The van der Waals surface area contributed by atoms with Gasteiger partial charge in [-0.15, -0.1) is 0 Å². The second kappa shape index (κ2) is 4.67. The minimum absolute atomic E-state index is 0.430. The zero-order valence-corrected chi connectivity index (χ0v) is 9.31. The zero-order chi connectivity index (χ0) is 11.5. The smallest absolute Gasteiger partial charge is 0.327 e. The lowest BCUT2D eigenvalue weighted by Crippen LogP contribution is -2.55. The van der Waals surface area contributed by atoms with Crippen LogP contribution in [-0.4, -0.2) is 41.7 Å². The van der Waals surface area contributed by atoms with E-state index >= 15 is 0 Å². The molecule has 2 N–H and O–H groups in total. The lowest BCUT2D eigenvalue weighted by atomic mass is 10.2. The predicted octanol–water partition coefficient (Wildman–Crippen LogP) is 0.598. The number of aromatic nitrogens is 1. The van der Waals surface area contributed by atoms with Crippen LogP contribution >= 0.6 is 11.6 Å². The molecule has 16 heavy (non-hydrogen) atoms. The first-order valence-corrected chi connectivity index (χ1v) is 5.38. The summed E-state index contributed by atoms with van der Waals surface area (Å²) in [6, 6.07) is 2.89. The fraction of sp³-hybridized carbons (Fsp3) is 0.400. The molecule has 0 aliphatic carbocycles. The average molecular weight is 242 g/mol. The first-order chi connectivity index (χ1) is 7.68. The van der Waals surface area contributed by atoms with Crippen LogP contribution in [0.3, 0.4) is 0 Å². The lowest BCUT2D eigenvalue weighted by molar-refractivity contribution is -0.138. The summed E-state index contributed by atoms with van der Waals surface area (Å²) < 4.78 is 0. The third-order valence-corrected chi connectivity index (χ3v) is 2.76. The van der Waals surface area contributed by atoms with E-state index in [4.69, 9.17) is 16.7 Å². The van der Waals surface area contributed by atoms with Crippen LogP contribution in [0, 0.1) is 0 Å². The normalized spacial score (nSPS) is 20.8. The van der Waals surface area contributed by atoms with Gasteiger partial charge in [-0.2, -0.15) is 0 Å². The quantitative estimate of drug-likeness (QED) is 0.794. The molecule has 0 amide bonds. The molecule has 1 unspecified atom stereocenters. The molecule has 1 aromatic rings. The third kappa shape index (κ3) is 2.25. The molecule has 0 saturated carbocycles. The van der Waals surface area contributed by atoms with Crippen molar-refractivity contribution in [3.05, 3.63) is 23.4 Å². The van der Waals surface area contributed by atoms with E-state index in [0.29, 0.717) is 23.9 Å². The summed E-state index contributed by atoms with van der Waals surface area (Å²) in [7, 11) is 0. The van der Waals surface area contributed by atoms with Crippen LogP contribution in [0.2, 0.25) is 5.02 Å². The Labute approximate surface area is 98.0 Å². The van der Waals surface area contributed by atoms with E-state index < -0.39 is 12.0 Å². The van der Waals surface area contributed by atoms with Crippen LogP contribution in [-0.2, 0) is 4.79 Å². The summed E-state index contributed by atoms with van der Waals surface area (Å²) in [5.74, 6) is -0.192. The van der Waals surface area contributed by atoms with E-state index in [1.54, 1.807) is 17.0 Å². The summed E-state index contributed by atoms with van der Waals surface area (Å²) in [5, 5.41) is 12.7. The highest BCUT2D eigenvalue weighted by molar-refractivity contribution is 6.30. The van der Waals surface area contributed by atoms with Crippen molar-refractivity contribution in [2.45, 2.75) is 6.04 Å². The van der Waals surface area contributed by atoms with Gasteiger partial charge < -0.3 is 15.3 Å². The van der Waals surface area contributed by atoms with Crippen molar-refractivity contribution in [1.82, 2.24) is 10.3 Å². The second-order valence-electron chi connectivity index (χ2n) is 3.59. The number of pyridine rings is 1. The van der Waals surface area contributed by atoms with Gasteiger partial charge in [0.05, 0.1) is 5.02 Å². The molecule has 1 aromatic heterocycles. The maximum absolute atomic E-state index is 11.1. The van der Waals surface area contributed by atoms with Crippen molar-refractivity contribution in [2.75, 3.05) is 24.5 Å². The second-order valence-corrected chi connectivity index (χ2v) is 4.02. The highest BCUT2D eigenvalue weighted by Crippen LogP contribution is 2.17. The van der Waals surface area contributed by atoms with Gasteiger partial charge in [0.2, 0.25) is 0 Å². The lowest BCUT2D eigenvalue weighted by Gasteiger charge is -2.34. The monoisotopic (exact) mass is 241 g/mol. The largest absolute Gasteiger partial charge is 0.480 e. The third-order valence-electron chi connectivity index (χ3n) is 2.53. The topological polar surface area (TPSA) is 65.5 Å². The molecular weight excluding hydrogens is 230 g/mol. The fourth-order valence-corrected chi connectivity index (χ4v) is 1.85. The highest BCUT2D eigenvalue weighted by Gasteiger charge is 2.28. The van der Waals surface area contributed by atoms with Gasteiger partial charge in [0.15, 0.2) is 0 Å². The predicted molar refractivity (Wildman–Crippen MR) is 60.9 cm³/mol. The van der Waals surface area contributed by atoms with Crippen molar-refractivity contribution in [3.8, 4) is 0 Å². The molecule has 1 saturated heterocycles. The fourth-order valence-electron chi connectivity index (χ4n) is 1.74. The Kier molecular flexibility index (Phi) is 3.26. The average Bonchev–Trinajstić information content (AvgIpc) is 2.30. The summed E-state index contributed by atoms with van der Waals surface area (Å²) >= 11 is 5.74. The first-order valence-electron chi connectivity index (χ1n) is 5.00. The van der Waals surface area contributed by atoms with Crippen molar-refractivity contribution in [2.24, 2.45) is 0 Å². The Morgan fingerprint density at radius 1 is 1.62 bits per heavy atom. The van der Waals surface area contributed by atoms with E-state index in [2.05, 4.69) is 10.3 Å². The molecular formula is C10H12ClN3O2. The van der Waals surface area contributed by atoms with Crippen molar-refractivity contribution < 1.29 is 9.90 Å². The van der Waals surface area contributed by atoms with Gasteiger partial charge in [-0.05, 0) is 12.1 Å². The minimum Gasteiger partial charge on any atom is -0.480 e. The molecule has 6 heteroatoms. The molecule has 0 spiro atoms. The van der Waals surface area contributed by atoms with Crippen molar-refractivity contribution in [1.29, 1.82) is 0 Å². The summed E-state index contributed by atoms with van der Waals surface area (Å²) in [6.45, 7) is 1.82. The van der Waals surface area contributed by atoms with Crippen molar-refractivity contribution in [3.63, 3.8) is 0 Å². The van der Waals surface area contributed by atoms with Crippen LogP contribution in [0.4, 0.5) is 5.82 Å². The van der Waals surface area contributed by atoms with E-state index in [-0.39, 0.29) is 0 Å². The summed E-state index contributed by atoms with van der Waals surface area (Å²) in [6.07, 6.45) is 1.53. The van der Waals surface area contributed by atoms with Crippen LogP contribution in [0.15, 0.2) is 18.3 Å². The number of hydrogen-bond acceptors (Lipinski definition) is 4. The van der Waals surface area contributed by atoms with Crippen LogP contribution in [0.1, 0.15) is 0 Å². The van der Waals surface area contributed by atoms with Crippen LogP contribution in [0.25, 0.3) is 0 Å². The number of nitrogens with one attached hydrogen (secondary N) is 1. The van der Waals surface area contributed by atoms with E-state index in [1.165, 1.54) is 6.20 Å². The van der Waals surface area contributed by atoms with E-state index in [9.17, 15) is 4.79 Å². The number of anilines is 1. The Hall–Kier alpha value is -1.33. The van der Waals surface area contributed by atoms with Crippen molar-refractivity contribution >= 4 is 23.4 Å². The number of carbonyl (C=O) groups is 1.